The number of carboxylic acid groups (broad SMARTS) is 1. The van der Waals surface area contributed by atoms with Crippen molar-refractivity contribution in [2.45, 2.75) is 57.3 Å². The third kappa shape index (κ3) is 5.12. The normalized spacial score (nSPS) is 19.1. The van der Waals surface area contributed by atoms with Crippen LogP contribution in [0.15, 0.2) is 24.3 Å². The quantitative estimate of drug-likeness (QED) is 0.825. The number of carbonyl (C=O) groups excluding carboxylic acids is 1. The summed E-state index contributed by atoms with van der Waals surface area (Å²) in [6.07, 6.45) is -3.04. The first-order valence-electron chi connectivity index (χ1n) is 8.55. The number of carboxylic acids is 1. The van der Waals surface area contributed by atoms with Gasteiger partial charge in [-0.15, -0.1) is 0 Å². The predicted octanol–water partition coefficient (Wildman–Crippen LogP) is 3.72. The number of benzene rings is 1. The van der Waals surface area contributed by atoms with Gasteiger partial charge in [0, 0.05) is 19.0 Å². The molecule has 1 aromatic carbocycles. The minimum atomic E-state index is -4.57. The average Bonchev–Trinajstić information content (AvgIpc) is 2.59. The van der Waals surface area contributed by atoms with E-state index < -0.39 is 29.7 Å². The Kier molecular flexibility index (Phi) is 6.50. The second-order valence-corrected chi connectivity index (χ2v) is 6.37. The van der Waals surface area contributed by atoms with E-state index in [9.17, 15) is 22.8 Å². The van der Waals surface area contributed by atoms with Gasteiger partial charge in [0.25, 0.3) is 5.91 Å². The summed E-state index contributed by atoms with van der Waals surface area (Å²) in [6, 6.07) is 4.54. The van der Waals surface area contributed by atoms with Crippen molar-refractivity contribution >= 4 is 11.9 Å². The van der Waals surface area contributed by atoms with Gasteiger partial charge in [-0.2, -0.15) is 13.2 Å². The second kappa shape index (κ2) is 8.42. The maximum Gasteiger partial charge on any atom is 0.419 e. The Morgan fingerprint density at radius 1 is 1.31 bits per heavy atom. The highest BCUT2D eigenvalue weighted by molar-refractivity contribution is 5.81. The third-order valence-electron chi connectivity index (χ3n) is 4.45. The maximum absolute atomic E-state index is 13.1. The molecular formula is C18H22F3NO4. The van der Waals surface area contributed by atoms with Gasteiger partial charge >= 0.3 is 12.1 Å². The molecule has 8 heteroatoms. The molecule has 0 radical (unpaired) electrons. The van der Waals surface area contributed by atoms with Gasteiger partial charge in [-0.1, -0.05) is 12.1 Å². The lowest BCUT2D eigenvalue weighted by Gasteiger charge is -2.37. The van der Waals surface area contributed by atoms with Crippen LogP contribution in [0.5, 0.6) is 5.75 Å². The van der Waals surface area contributed by atoms with E-state index in [1.54, 1.807) is 4.90 Å². The zero-order valence-corrected chi connectivity index (χ0v) is 14.5. The van der Waals surface area contributed by atoms with Crippen LogP contribution in [0.1, 0.15) is 44.6 Å². The standard InChI is InChI=1S/C18H22F3NO4/c1-12(26-15-8-3-2-7-14(15)18(19,20)21)17(25)22-11-5-4-6-13(22)9-10-16(23)24/h2-3,7-8,12-13H,4-6,9-11H2,1H3,(H,23,24). The first-order valence-corrected chi connectivity index (χ1v) is 8.55. The number of ether oxygens (including phenoxy) is 1. The van der Waals surface area contributed by atoms with Crippen LogP contribution in [0.4, 0.5) is 13.2 Å². The SMILES string of the molecule is CC(Oc1ccccc1C(F)(F)F)C(=O)N1CCCCC1CCC(=O)O. The number of likely N-dealkylation sites (tertiary alicyclic amines) is 1. The third-order valence-corrected chi connectivity index (χ3v) is 4.45. The van der Waals surface area contributed by atoms with E-state index in [2.05, 4.69) is 0 Å². The van der Waals surface area contributed by atoms with Crippen molar-refractivity contribution in [3.8, 4) is 5.75 Å². The number of carbonyl (C=O) groups is 2. The summed E-state index contributed by atoms with van der Waals surface area (Å²) in [5.74, 6) is -1.75. The molecule has 2 atom stereocenters. The van der Waals surface area contributed by atoms with Gasteiger partial charge in [0.05, 0.1) is 5.56 Å². The van der Waals surface area contributed by atoms with E-state index >= 15 is 0 Å². The van der Waals surface area contributed by atoms with Crippen LogP contribution in [-0.4, -0.2) is 40.6 Å². The molecule has 1 aliphatic heterocycles. The number of aliphatic carboxylic acids is 1. The molecule has 0 bridgehead atoms. The Bertz CT molecular complexity index is 648. The summed E-state index contributed by atoms with van der Waals surface area (Å²) in [7, 11) is 0. The van der Waals surface area contributed by atoms with Gasteiger partial charge in [-0.25, -0.2) is 0 Å². The van der Waals surface area contributed by atoms with Crippen molar-refractivity contribution < 1.29 is 32.6 Å². The first-order chi connectivity index (χ1) is 12.2. The van der Waals surface area contributed by atoms with Crippen LogP contribution < -0.4 is 4.74 Å². The van der Waals surface area contributed by atoms with E-state index in [-0.39, 0.29) is 18.2 Å². The minimum Gasteiger partial charge on any atom is -0.481 e. The lowest BCUT2D eigenvalue weighted by atomic mass is 9.97. The molecule has 1 heterocycles. The molecule has 0 aromatic heterocycles. The number of hydrogen-bond donors (Lipinski definition) is 1. The van der Waals surface area contributed by atoms with Gasteiger partial charge in [0.2, 0.25) is 0 Å². The predicted molar refractivity (Wildman–Crippen MR) is 87.8 cm³/mol. The van der Waals surface area contributed by atoms with Crippen LogP contribution >= 0.6 is 0 Å². The summed E-state index contributed by atoms with van der Waals surface area (Å²) < 4.78 is 44.5. The zero-order chi connectivity index (χ0) is 19.3. The largest absolute Gasteiger partial charge is 0.481 e. The highest BCUT2D eigenvalue weighted by Gasteiger charge is 2.36. The zero-order valence-electron chi connectivity index (χ0n) is 14.5. The molecule has 1 aliphatic rings. The van der Waals surface area contributed by atoms with Crippen LogP contribution in [0.3, 0.4) is 0 Å². The number of halogens is 3. The van der Waals surface area contributed by atoms with Crippen molar-refractivity contribution in [2.24, 2.45) is 0 Å². The fraction of sp³-hybridized carbons (Fsp3) is 0.556. The molecule has 144 valence electrons. The van der Waals surface area contributed by atoms with Crippen molar-refractivity contribution in [3.63, 3.8) is 0 Å². The minimum absolute atomic E-state index is 0.0550. The number of nitrogens with zero attached hydrogens (tertiary/aromatic N) is 1. The number of para-hydroxylation sites is 1. The monoisotopic (exact) mass is 373 g/mol. The molecule has 2 rings (SSSR count). The molecule has 1 fully saturated rings. The van der Waals surface area contributed by atoms with E-state index in [0.717, 1.165) is 18.9 Å². The Morgan fingerprint density at radius 3 is 2.65 bits per heavy atom. The smallest absolute Gasteiger partial charge is 0.419 e. The lowest BCUT2D eigenvalue weighted by Crippen LogP contribution is -2.49. The molecule has 2 unspecified atom stereocenters. The summed E-state index contributed by atoms with van der Waals surface area (Å²) in [5.41, 5.74) is -0.930. The summed E-state index contributed by atoms with van der Waals surface area (Å²) in [6.45, 7) is 1.87. The maximum atomic E-state index is 13.1. The van der Waals surface area contributed by atoms with Crippen molar-refractivity contribution in [1.29, 1.82) is 0 Å². The number of rotatable bonds is 6. The summed E-state index contributed by atoms with van der Waals surface area (Å²) in [5, 5.41) is 8.85. The highest BCUT2D eigenvalue weighted by Crippen LogP contribution is 2.36. The highest BCUT2D eigenvalue weighted by atomic mass is 19.4. The van der Waals surface area contributed by atoms with Gasteiger partial charge in [0.15, 0.2) is 6.10 Å². The first kappa shape index (κ1) is 20.1. The number of alkyl halides is 3. The van der Waals surface area contributed by atoms with Gasteiger partial charge < -0.3 is 14.7 Å². The van der Waals surface area contributed by atoms with Gasteiger partial charge in [-0.05, 0) is 44.7 Å². The molecule has 0 aliphatic carbocycles. The molecule has 1 N–H and O–H groups in total. The van der Waals surface area contributed by atoms with E-state index in [1.165, 1.54) is 25.1 Å². The molecule has 0 saturated carbocycles. The van der Waals surface area contributed by atoms with Crippen LogP contribution in [-0.2, 0) is 15.8 Å². The van der Waals surface area contributed by atoms with Crippen molar-refractivity contribution in [2.75, 3.05) is 6.54 Å². The lowest BCUT2D eigenvalue weighted by molar-refractivity contribution is -0.146. The van der Waals surface area contributed by atoms with E-state index in [1.807, 2.05) is 0 Å². The second-order valence-electron chi connectivity index (χ2n) is 6.37. The van der Waals surface area contributed by atoms with Crippen molar-refractivity contribution in [3.05, 3.63) is 29.8 Å². The van der Waals surface area contributed by atoms with Gasteiger partial charge in [-0.3, -0.25) is 9.59 Å². The van der Waals surface area contributed by atoms with Crippen molar-refractivity contribution in [1.82, 2.24) is 4.90 Å². The summed E-state index contributed by atoms with van der Waals surface area (Å²) in [4.78, 5) is 25.0. The van der Waals surface area contributed by atoms with E-state index in [4.69, 9.17) is 9.84 Å². The molecule has 1 saturated heterocycles. The fourth-order valence-corrected chi connectivity index (χ4v) is 3.16. The average molecular weight is 373 g/mol. The Morgan fingerprint density at radius 2 is 2.00 bits per heavy atom. The fourth-order valence-electron chi connectivity index (χ4n) is 3.16. The molecular weight excluding hydrogens is 351 g/mol. The van der Waals surface area contributed by atoms with Crippen LogP contribution in [0.2, 0.25) is 0 Å². The Hall–Kier alpha value is -2.25. The van der Waals surface area contributed by atoms with Crippen LogP contribution in [0.25, 0.3) is 0 Å². The van der Waals surface area contributed by atoms with Gasteiger partial charge in [0.1, 0.15) is 5.75 Å². The molecule has 1 aromatic rings. The van der Waals surface area contributed by atoms with Crippen LogP contribution in [0, 0.1) is 0 Å². The Balaban J connectivity index is 2.10. The number of piperidine rings is 1. The molecule has 1 amide bonds. The molecule has 5 nitrogen and oxygen atoms in total. The van der Waals surface area contributed by atoms with E-state index in [0.29, 0.717) is 19.4 Å². The topological polar surface area (TPSA) is 66.8 Å². The molecule has 26 heavy (non-hydrogen) atoms. The molecule has 0 spiro atoms. The number of hydrogen-bond acceptors (Lipinski definition) is 3. The number of amides is 1. The Labute approximate surface area is 149 Å². The summed E-state index contributed by atoms with van der Waals surface area (Å²) >= 11 is 0.